The molecule has 0 aliphatic carbocycles. The molecular weight excluding hydrogens is 272 g/mol. The standard InChI is InChI=1S/C19H16N2O/c1-13-11-20-19(22)18-17(13)15-9-5-6-10-16(15)21(18)12-14-7-3-2-4-8-14/h2-11H,12H2,1H3,(H,20,22). The second kappa shape index (κ2) is 4.88. The molecule has 2 aromatic heterocycles. The lowest BCUT2D eigenvalue weighted by molar-refractivity contribution is 0.862. The van der Waals surface area contributed by atoms with Gasteiger partial charge in [0.2, 0.25) is 0 Å². The summed E-state index contributed by atoms with van der Waals surface area (Å²) < 4.78 is 2.12. The molecule has 4 aromatic rings. The summed E-state index contributed by atoms with van der Waals surface area (Å²) in [5.74, 6) is 0. The van der Waals surface area contributed by atoms with Crippen LogP contribution in [0.2, 0.25) is 0 Å². The van der Waals surface area contributed by atoms with Crippen LogP contribution in [0.15, 0.2) is 65.6 Å². The van der Waals surface area contributed by atoms with Crippen LogP contribution >= 0.6 is 0 Å². The third kappa shape index (κ3) is 1.86. The number of pyridine rings is 1. The number of aromatic amines is 1. The van der Waals surface area contributed by atoms with Crippen molar-refractivity contribution in [2.75, 3.05) is 0 Å². The molecular formula is C19H16N2O. The molecule has 3 heteroatoms. The summed E-state index contributed by atoms with van der Waals surface area (Å²) in [5.41, 5.74) is 4.10. The SMILES string of the molecule is Cc1c[nH]c(=O)c2c1c1ccccc1n2Cc1ccccc1. The Hall–Kier alpha value is -2.81. The molecule has 0 radical (unpaired) electrons. The lowest BCUT2D eigenvalue weighted by Crippen LogP contribution is -2.11. The minimum atomic E-state index is -0.0345. The second-order valence-corrected chi connectivity index (χ2v) is 5.61. The summed E-state index contributed by atoms with van der Waals surface area (Å²) in [5, 5.41) is 2.19. The van der Waals surface area contributed by atoms with Crippen molar-refractivity contribution in [1.82, 2.24) is 9.55 Å². The fourth-order valence-corrected chi connectivity index (χ4v) is 3.18. The highest BCUT2D eigenvalue weighted by molar-refractivity contribution is 6.09. The molecule has 2 aromatic carbocycles. The molecule has 108 valence electrons. The molecule has 0 fully saturated rings. The summed E-state index contributed by atoms with van der Waals surface area (Å²) in [4.78, 5) is 15.3. The van der Waals surface area contributed by atoms with Crippen molar-refractivity contribution in [2.24, 2.45) is 0 Å². The predicted molar refractivity (Wildman–Crippen MR) is 90.3 cm³/mol. The Morgan fingerprint density at radius 3 is 2.55 bits per heavy atom. The lowest BCUT2D eigenvalue weighted by atomic mass is 10.1. The molecule has 22 heavy (non-hydrogen) atoms. The van der Waals surface area contributed by atoms with Crippen molar-refractivity contribution in [3.8, 4) is 0 Å². The summed E-state index contributed by atoms with van der Waals surface area (Å²) in [6.45, 7) is 2.73. The molecule has 0 unspecified atom stereocenters. The normalized spacial score (nSPS) is 11.3. The molecule has 3 nitrogen and oxygen atoms in total. The molecule has 4 rings (SSSR count). The highest BCUT2D eigenvalue weighted by Gasteiger charge is 2.15. The topological polar surface area (TPSA) is 37.8 Å². The van der Waals surface area contributed by atoms with Crippen molar-refractivity contribution >= 4 is 21.8 Å². The number of benzene rings is 2. The van der Waals surface area contributed by atoms with Gasteiger partial charge in [0, 0.05) is 29.0 Å². The largest absolute Gasteiger partial charge is 0.331 e. The van der Waals surface area contributed by atoms with E-state index in [-0.39, 0.29) is 5.56 Å². The number of H-pyrrole nitrogens is 1. The Balaban J connectivity index is 2.11. The summed E-state index contributed by atoms with van der Waals surface area (Å²) in [6, 6.07) is 18.4. The van der Waals surface area contributed by atoms with Crippen molar-refractivity contribution in [3.63, 3.8) is 0 Å². The Bertz CT molecular complexity index is 1030. The molecule has 0 saturated heterocycles. The maximum atomic E-state index is 12.4. The van der Waals surface area contributed by atoms with Crippen molar-refractivity contribution in [2.45, 2.75) is 13.5 Å². The van der Waals surface area contributed by atoms with Gasteiger partial charge in [-0.2, -0.15) is 0 Å². The third-order valence-electron chi connectivity index (χ3n) is 4.18. The van der Waals surface area contributed by atoms with E-state index in [9.17, 15) is 4.79 Å². The highest BCUT2D eigenvalue weighted by atomic mass is 16.1. The third-order valence-corrected chi connectivity index (χ3v) is 4.18. The van der Waals surface area contributed by atoms with Gasteiger partial charge in [-0.05, 0) is 24.1 Å². The molecule has 2 heterocycles. The summed E-state index contributed by atoms with van der Waals surface area (Å²) in [6.07, 6.45) is 1.80. The monoisotopic (exact) mass is 288 g/mol. The van der Waals surface area contributed by atoms with Gasteiger partial charge in [0.1, 0.15) is 5.52 Å². The molecule has 0 aliphatic rings. The molecule has 0 saturated carbocycles. The zero-order valence-corrected chi connectivity index (χ0v) is 12.3. The average Bonchev–Trinajstić information content (AvgIpc) is 2.88. The number of nitrogens with zero attached hydrogens (tertiary/aromatic N) is 1. The average molecular weight is 288 g/mol. The van der Waals surface area contributed by atoms with Gasteiger partial charge in [-0.15, -0.1) is 0 Å². The van der Waals surface area contributed by atoms with E-state index in [1.165, 1.54) is 5.56 Å². The fraction of sp³-hybridized carbons (Fsp3) is 0.105. The zero-order chi connectivity index (χ0) is 15.1. The molecule has 0 aliphatic heterocycles. The minimum absolute atomic E-state index is 0.0345. The molecule has 0 atom stereocenters. The van der Waals surface area contributed by atoms with Crippen LogP contribution in [-0.2, 0) is 6.54 Å². The van der Waals surface area contributed by atoms with Crippen molar-refractivity contribution in [3.05, 3.63) is 82.3 Å². The number of aromatic nitrogens is 2. The maximum absolute atomic E-state index is 12.4. The van der Waals surface area contributed by atoms with Gasteiger partial charge in [0.15, 0.2) is 0 Å². The first-order valence-corrected chi connectivity index (χ1v) is 7.39. The lowest BCUT2D eigenvalue weighted by Gasteiger charge is -2.07. The minimum Gasteiger partial charge on any atom is -0.331 e. The Morgan fingerprint density at radius 1 is 1.00 bits per heavy atom. The van der Waals surface area contributed by atoms with Crippen LogP contribution in [0.5, 0.6) is 0 Å². The van der Waals surface area contributed by atoms with Gasteiger partial charge in [-0.25, -0.2) is 0 Å². The van der Waals surface area contributed by atoms with E-state index in [1.54, 1.807) is 6.20 Å². The fourth-order valence-electron chi connectivity index (χ4n) is 3.18. The van der Waals surface area contributed by atoms with Crippen LogP contribution in [-0.4, -0.2) is 9.55 Å². The molecule has 0 amide bonds. The first-order chi connectivity index (χ1) is 10.8. The number of nitrogens with one attached hydrogen (secondary N) is 1. The van der Waals surface area contributed by atoms with Crippen LogP contribution in [0.3, 0.4) is 0 Å². The van der Waals surface area contributed by atoms with E-state index in [2.05, 4.69) is 33.8 Å². The molecule has 0 spiro atoms. The van der Waals surface area contributed by atoms with Crippen molar-refractivity contribution in [1.29, 1.82) is 0 Å². The predicted octanol–water partition coefficient (Wildman–Crippen LogP) is 3.84. The number of para-hydroxylation sites is 1. The van der Waals surface area contributed by atoms with Crippen molar-refractivity contribution < 1.29 is 0 Å². The summed E-state index contributed by atoms with van der Waals surface area (Å²) >= 11 is 0. The van der Waals surface area contributed by atoms with Crippen LogP contribution < -0.4 is 5.56 Å². The number of fused-ring (bicyclic) bond motifs is 3. The number of rotatable bonds is 2. The Kier molecular flexibility index (Phi) is 2.86. The second-order valence-electron chi connectivity index (χ2n) is 5.61. The van der Waals surface area contributed by atoms with E-state index in [0.29, 0.717) is 6.54 Å². The molecule has 1 N–H and O–H groups in total. The van der Waals surface area contributed by atoms with Crippen LogP contribution in [0.4, 0.5) is 0 Å². The van der Waals surface area contributed by atoms with Gasteiger partial charge < -0.3 is 9.55 Å². The maximum Gasteiger partial charge on any atom is 0.272 e. The smallest absolute Gasteiger partial charge is 0.272 e. The van der Waals surface area contributed by atoms with E-state index in [4.69, 9.17) is 0 Å². The quantitative estimate of drug-likeness (QED) is 0.598. The van der Waals surface area contributed by atoms with E-state index in [1.807, 2.05) is 37.3 Å². The Morgan fingerprint density at radius 2 is 1.73 bits per heavy atom. The van der Waals surface area contributed by atoms with Gasteiger partial charge >= 0.3 is 0 Å². The molecule has 0 bridgehead atoms. The summed E-state index contributed by atoms with van der Waals surface area (Å²) in [7, 11) is 0. The first kappa shape index (κ1) is 12.9. The van der Waals surface area contributed by atoms with Gasteiger partial charge in [-0.1, -0.05) is 48.5 Å². The van der Waals surface area contributed by atoms with Crippen LogP contribution in [0.1, 0.15) is 11.1 Å². The highest BCUT2D eigenvalue weighted by Crippen LogP contribution is 2.29. The van der Waals surface area contributed by atoms with Gasteiger partial charge in [0.05, 0.1) is 0 Å². The van der Waals surface area contributed by atoms with E-state index < -0.39 is 0 Å². The number of aryl methyl sites for hydroxylation is 1. The van der Waals surface area contributed by atoms with Crippen LogP contribution in [0.25, 0.3) is 21.8 Å². The van der Waals surface area contributed by atoms with E-state index in [0.717, 1.165) is 27.4 Å². The zero-order valence-electron chi connectivity index (χ0n) is 12.3. The van der Waals surface area contributed by atoms with Gasteiger partial charge in [-0.3, -0.25) is 4.79 Å². The Labute approximate surface area is 127 Å². The van der Waals surface area contributed by atoms with E-state index >= 15 is 0 Å². The first-order valence-electron chi connectivity index (χ1n) is 7.39. The number of hydrogen-bond acceptors (Lipinski definition) is 1. The number of hydrogen-bond donors (Lipinski definition) is 1. The van der Waals surface area contributed by atoms with Crippen LogP contribution in [0, 0.1) is 6.92 Å². The van der Waals surface area contributed by atoms with Gasteiger partial charge in [0.25, 0.3) is 5.56 Å².